The minimum atomic E-state index is -0.633. The Bertz CT molecular complexity index is 519. The number of rotatable bonds is 6. The van der Waals surface area contributed by atoms with Crippen LogP contribution in [0, 0.1) is 0 Å². The molecule has 1 atom stereocenters. The molecule has 4 nitrogen and oxygen atoms in total. The van der Waals surface area contributed by atoms with E-state index in [-0.39, 0.29) is 24.0 Å². The number of benzene rings is 1. The van der Waals surface area contributed by atoms with Gasteiger partial charge in [-0.25, -0.2) is 0 Å². The average molecular weight is 481 g/mol. The van der Waals surface area contributed by atoms with Gasteiger partial charge >= 0.3 is 0 Å². The molecule has 0 spiro atoms. The van der Waals surface area contributed by atoms with Crippen molar-refractivity contribution in [3.8, 4) is 0 Å². The van der Waals surface area contributed by atoms with Crippen molar-refractivity contribution in [2.75, 3.05) is 37.9 Å². The molecule has 1 heterocycles. The fourth-order valence-electron chi connectivity index (χ4n) is 2.49. The molecule has 0 aliphatic carbocycles. The summed E-state index contributed by atoms with van der Waals surface area (Å²) in [7, 11) is 2.04. The minimum absolute atomic E-state index is 0. The highest BCUT2D eigenvalue weighted by atomic mass is 127. The van der Waals surface area contributed by atoms with E-state index >= 15 is 0 Å². The highest BCUT2D eigenvalue weighted by Gasteiger charge is 2.31. The molecule has 7 heteroatoms. The second-order valence-corrected chi connectivity index (χ2v) is 7.89. The summed E-state index contributed by atoms with van der Waals surface area (Å²) < 4.78 is 0. The summed E-state index contributed by atoms with van der Waals surface area (Å²) >= 11 is 3.56. The third-order valence-electron chi connectivity index (χ3n) is 3.88. The molecular weight excluding hydrogens is 453 g/mol. The highest BCUT2D eigenvalue weighted by molar-refractivity contribution is 14.0. The van der Waals surface area contributed by atoms with Gasteiger partial charge < -0.3 is 15.3 Å². The first-order chi connectivity index (χ1) is 11.1. The maximum Gasteiger partial charge on any atom is 0.194 e. The smallest absolute Gasteiger partial charge is 0.194 e. The minimum Gasteiger partial charge on any atom is -0.387 e. The van der Waals surface area contributed by atoms with Gasteiger partial charge in [-0.2, -0.15) is 11.8 Å². The molecule has 1 unspecified atom stereocenters. The van der Waals surface area contributed by atoms with Crippen molar-refractivity contribution >= 4 is 53.5 Å². The fraction of sp³-hybridized carbons (Fsp3) is 0.588. The lowest BCUT2D eigenvalue weighted by atomic mass is 10.0. The lowest BCUT2D eigenvalue weighted by Crippen LogP contribution is -2.41. The van der Waals surface area contributed by atoms with Gasteiger partial charge in [0, 0.05) is 30.8 Å². The van der Waals surface area contributed by atoms with Crippen LogP contribution in [-0.4, -0.2) is 59.5 Å². The summed E-state index contributed by atoms with van der Waals surface area (Å²) in [5.74, 6) is 2.67. The van der Waals surface area contributed by atoms with Gasteiger partial charge in [-0.05, 0) is 43.0 Å². The van der Waals surface area contributed by atoms with Gasteiger partial charge in [-0.15, -0.1) is 35.7 Å². The predicted molar refractivity (Wildman–Crippen MR) is 118 cm³/mol. The fourth-order valence-corrected chi connectivity index (χ4v) is 4.19. The molecule has 1 aliphatic rings. The van der Waals surface area contributed by atoms with Gasteiger partial charge in [0.15, 0.2) is 5.96 Å². The van der Waals surface area contributed by atoms with E-state index in [4.69, 9.17) is 0 Å². The Labute approximate surface area is 171 Å². The van der Waals surface area contributed by atoms with Crippen molar-refractivity contribution in [3.05, 3.63) is 29.8 Å². The van der Waals surface area contributed by atoms with Crippen LogP contribution in [-0.2, 0) is 6.54 Å². The van der Waals surface area contributed by atoms with Crippen molar-refractivity contribution in [1.82, 2.24) is 10.2 Å². The largest absolute Gasteiger partial charge is 0.387 e. The number of aliphatic imine (C=N–C) groups is 1. The number of nitrogens with one attached hydrogen (secondary N) is 1. The van der Waals surface area contributed by atoms with Crippen molar-refractivity contribution < 1.29 is 5.11 Å². The Morgan fingerprint density at radius 1 is 1.42 bits per heavy atom. The first-order valence-electron chi connectivity index (χ1n) is 7.99. The number of guanidine groups is 1. The zero-order valence-corrected chi connectivity index (χ0v) is 18.6. The lowest BCUT2D eigenvalue weighted by Gasteiger charge is -2.24. The van der Waals surface area contributed by atoms with E-state index in [2.05, 4.69) is 52.7 Å². The SMILES string of the molecule is CCNC(=NCC1(O)CCSC1)N(C)Cc1ccc(SC)cc1.I. The quantitative estimate of drug-likeness (QED) is 0.283. The molecule has 0 aromatic heterocycles. The maximum absolute atomic E-state index is 10.5. The van der Waals surface area contributed by atoms with E-state index in [0.717, 1.165) is 37.0 Å². The van der Waals surface area contributed by atoms with Crippen molar-refractivity contribution in [2.45, 2.75) is 30.4 Å². The van der Waals surface area contributed by atoms with E-state index in [1.54, 1.807) is 23.5 Å². The van der Waals surface area contributed by atoms with Gasteiger partial charge in [0.2, 0.25) is 0 Å². The molecule has 0 bridgehead atoms. The molecule has 2 rings (SSSR count). The second-order valence-electron chi connectivity index (χ2n) is 5.90. The van der Waals surface area contributed by atoms with Crippen molar-refractivity contribution in [3.63, 3.8) is 0 Å². The van der Waals surface area contributed by atoms with Crippen LogP contribution in [0.5, 0.6) is 0 Å². The van der Waals surface area contributed by atoms with Crippen LogP contribution in [0.2, 0.25) is 0 Å². The maximum atomic E-state index is 10.5. The molecule has 136 valence electrons. The lowest BCUT2D eigenvalue weighted by molar-refractivity contribution is 0.0776. The Morgan fingerprint density at radius 3 is 2.67 bits per heavy atom. The third kappa shape index (κ3) is 6.65. The molecule has 24 heavy (non-hydrogen) atoms. The van der Waals surface area contributed by atoms with Crippen LogP contribution in [0.25, 0.3) is 0 Å². The van der Waals surface area contributed by atoms with Gasteiger partial charge in [-0.1, -0.05) is 12.1 Å². The normalized spacial score (nSPS) is 20.6. The van der Waals surface area contributed by atoms with Crippen LogP contribution in [0.3, 0.4) is 0 Å². The Kier molecular flexibility index (Phi) is 9.84. The number of nitrogens with zero attached hydrogens (tertiary/aromatic N) is 2. The van der Waals surface area contributed by atoms with Crippen LogP contribution < -0.4 is 5.32 Å². The second kappa shape index (κ2) is 10.8. The molecule has 1 fully saturated rings. The Hall–Kier alpha value is -0.120. The Balaban J connectivity index is 0.00000288. The zero-order chi connectivity index (χ0) is 16.7. The van der Waals surface area contributed by atoms with Crippen LogP contribution >= 0.6 is 47.5 Å². The van der Waals surface area contributed by atoms with Gasteiger partial charge in [0.1, 0.15) is 0 Å². The zero-order valence-electron chi connectivity index (χ0n) is 14.6. The number of halogens is 1. The Morgan fingerprint density at radius 2 is 2.12 bits per heavy atom. The van der Waals surface area contributed by atoms with E-state index in [0.29, 0.717) is 6.54 Å². The predicted octanol–water partition coefficient (Wildman–Crippen LogP) is 3.29. The topological polar surface area (TPSA) is 47.9 Å². The summed E-state index contributed by atoms with van der Waals surface area (Å²) in [5.41, 5.74) is 0.623. The van der Waals surface area contributed by atoms with Crippen LogP contribution in [0.1, 0.15) is 18.9 Å². The van der Waals surface area contributed by atoms with E-state index < -0.39 is 5.60 Å². The molecule has 1 aromatic carbocycles. The van der Waals surface area contributed by atoms with Gasteiger partial charge in [0.25, 0.3) is 0 Å². The summed E-state index contributed by atoms with van der Waals surface area (Å²) in [5, 5.41) is 13.8. The molecule has 0 radical (unpaired) electrons. The van der Waals surface area contributed by atoms with E-state index in [1.165, 1.54) is 10.5 Å². The summed E-state index contributed by atoms with van der Waals surface area (Å²) in [6.45, 7) is 4.16. The number of aliphatic hydroxyl groups is 1. The standard InChI is InChI=1S/C17H27N3OS2.HI/c1-4-18-16(19-12-17(21)9-10-23-13-17)20(2)11-14-5-7-15(22-3)8-6-14;/h5-8,21H,4,9-13H2,1-3H3,(H,18,19);1H. The molecule has 1 saturated heterocycles. The first kappa shape index (κ1) is 21.9. The molecule has 1 aliphatic heterocycles. The summed E-state index contributed by atoms with van der Waals surface area (Å²) in [4.78, 5) is 8.05. The number of thioether (sulfide) groups is 2. The van der Waals surface area contributed by atoms with E-state index in [9.17, 15) is 5.11 Å². The van der Waals surface area contributed by atoms with Crippen LogP contribution in [0.15, 0.2) is 34.2 Å². The van der Waals surface area contributed by atoms with Crippen molar-refractivity contribution in [2.24, 2.45) is 4.99 Å². The van der Waals surface area contributed by atoms with E-state index in [1.807, 2.05) is 7.05 Å². The van der Waals surface area contributed by atoms with Crippen LogP contribution in [0.4, 0.5) is 0 Å². The molecule has 2 N–H and O–H groups in total. The molecule has 0 amide bonds. The first-order valence-corrected chi connectivity index (χ1v) is 10.4. The number of hydrogen-bond donors (Lipinski definition) is 2. The average Bonchev–Trinajstić information content (AvgIpc) is 2.99. The monoisotopic (exact) mass is 481 g/mol. The molecular formula is C17H28IN3OS2. The molecule has 1 aromatic rings. The molecule has 0 saturated carbocycles. The van der Waals surface area contributed by atoms with Gasteiger partial charge in [0.05, 0.1) is 12.1 Å². The summed E-state index contributed by atoms with van der Waals surface area (Å²) in [6, 6.07) is 8.62. The third-order valence-corrected chi connectivity index (χ3v) is 5.86. The highest BCUT2D eigenvalue weighted by Crippen LogP contribution is 2.28. The van der Waals surface area contributed by atoms with Crippen molar-refractivity contribution in [1.29, 1.82) is 0 Å². The number of hydrogen-bond acceptors (Lipinski definition) is 4. The summed E-state index contributed by atoms with van der Waals surface area (Å²) in [6.07, 6.45) is 2.92. The van der Waals surface area contributed by atoms with Gasteiger partial charge in [-0.3, -0.25) is 4.99 Å².